The van der Waals surface area contributed by atoms with Crippen LogP contribution in [0.2, 0.25) is 0 Å². The molecule has 4 aromatic rings. The fourth-order valence-corrected chi connectivity index (χ4v) is 4.09. The van der Waals surface area contributed by atoms with Crippen molar-refractivity contribution in [2.24, 2.45) is 0 Å². The number of fused-ring (bicyclic) bond motifs is 1. The number of nitrogens with zero attached hydrogens (tertiary/aromatic N) is 3. The highest BCUT2D eigenvalue weighted by atomic mass is 32.1. The molecule has 0 fully saturated rings. The fraction of sp³-hybridized carbons (Fsp3) is 0.136. The van der Waals surface area contributed by atoms with Gasteiger partial charge in [-0.2, -0.15) is 0 Å². The highest BCUT2D eigenvalue weighted by Crippen LogP contribution is 2.35. The van der Waals surface area contributed by atoms with E-state index < -0.39 is 5.82 Å². The minimum atomic E-state index is -0.426. The number of rotatable bonds is 6. The van der Waals surface area contributed by atoms with Crippen molar-refractivity contribution >= 4 is 32.6 Å². The summed E-state index contributed by atoms with van der Waals surface area (Å²) in [5, 5.41) is 0.391. The Bertz CT molecular complexity index is 1200. The quantitative estimate of drug-likeness (QED) is 0.450. The Hall–Kier alpha value is -3.52. The molecule has 2 aromatic carbocycles. The molecule has 0 aliphatic rings. The van der Waals surface area contributed by atoms with Crippen LogP contribution in [-0.2, 0) is 6.54 Å². The van der Waals surface area contributed by atoms with Gasteiger partial charge in [0.1, 0.15) is 11.3 Å². The molecule has 1 amide bonds. The summed E-state index contributed by atoms with van der Waals surface area (Å²) in [4.78, 5) is 23.6. The van der Waals surface area contributed by atoms with Gasteiger partial charge in [0, 0.05) is 12.4 Å². The van der Waals surface area contributed by atoms with Crippen LogP contribution in [0.25, 0.3) is 10.2 Å². The first-order valence-electron chi connectivity index (χ1n) is 9.09. The number of anilines is 1. The van der Waals surface area contributed by atoms with Gasteiger partial charge in [0.2, 0.25) is 0 Å². The number of carbonyl (C=O) groups is 1. The second-order valence-electron chi connectivity index (χ2n) is 6.37. The summed E-state index contributed by atoms with van der Waals surface area (Å²) in [5.41, 5.74) is 1.42. The van der Waals surface area contributed by atoms with E-state index in [0.717, 1.165) is 5.56 Å². The molecule has 0 saturated heterocycles. The van der Waals surface area contributed by atoms with Gasteiger partial charge < -0.3 is 9.47 Å². The van der Waals surface area contributed by atoms with Gasteiger partial charge in [-0.15, -0.1) is 0 Å². The lowest BCUT2D eigenvalue weighted by Gasteiger charge is -2.21. The van der Waals surface area contributed by atoms with Gasteiger partial charge in [-0.05, 0) is 42.0 Å². The zero-order valence-electron chi connectivity index (χ0n) is 16.3. The van der Waals surface area contributed by atoms with Crippen molar-refractivity contribution in [3.63, 3.8) is 0 Å². The Morgan fingerprint density at radius 3 is 2.53 bits per heavy atom. The first kappa shape index (κ1) is 19.8. The number of halogens is 1. The Kier molecular flexibility index (Phi) is 5.58. The predicted molar refractivity (Wildman–Crippen MR) is 114 cm³/mol. The lowest BCUT2D eigenvalue weighted by Crippen LogP contribution is -2.30. The summed E-state index contributed by atoms with van der Waals surface area (Å²) in [6.07, 6.45) is 3.31. The molecular weight excluding hydrogens is 405 g/mol. The number of para-hydroxylation sites is 2. The number of amides is 1. The van der Waals surface area contributed by atoms with Crippen molar-refractivity contribution in [3.8, 4) is 11.5 Å². The number of pyridine rings is 1. The van der Waals surface area contributed by atoms with E-state index in [9.17, 15) is 9.18 Å². The average molecular weight is 423 g/mol. The number of hydrogen-bond donors (Lipinski definition) is 0. The number of ether oxygens (including phenoxy) is 2. The van der Waals surface area contributed by atoms with Gasteiger partial charge in [-0.25, -0.2) is 9.37 Å². The molecule has 6 nitrogen and oxygen atoms in total. The number of benzene rings is 2. The zero-order chi connectivity index (χ0) is 21.1. The molecule has 0 saturated carbocycles. The van der Waals surface area contributed by atoms with Crippen LogP contribution in [0, 0.1) is 5.82 Å². The third-order valence-corrected chi connectivity index (χ3v) is 5.60. The lowest BCUT2D eigenvalue weighted by atomic mass is 10.1. The van der Waals surface area contributed by atoms with Crippen molar-refractivity contribution in [2.75, 3.05) is 19.1 Å². The first-order chi connectivity index (χ1) is 14.6. The van der Waals surface area contributed by atoms with Crippen LogP contribution in [0.4, 0.5) is 9.52 Å². The molecule has 2 aromatic heterocycles. The summed E-state index contributed by atoms with van der Waals surface area (Å²) in [6, 6.07) is 13.5. The smallest absolute Gasteiger partial charge is 0.264 e. The number of methoxy groups -OCH3 is 2. The van der Waals surface area contributed by atoms with Gasteiger partial charge in [0.05, 0.1) is 31.0 Å². The van der Waals surface area contributed by atoms with E-state index in [-0.39, 0.29) is 18.0 Å². The Morgan fingerprint density at radius 1 is 1.07 bits per heavy atom. The molecule has 0 spiro atoms. The van der Waals surface area contributed by atoms with Gasteiger partial charge in [-0.3, -0.25) is 14.7 Å². The van der Waals surface area contributed by atoms with Gasteiger partial charge in [0.25, 0.3) is 5.91 Å². The molecule has 4 rings (SSSR count). The van der Waals surface area contributed by atoms with E-state index in [1.54, 1.807) is 42.7 Å². The highest BCUT2D eigenvalue weighted by Gasteiger charge is 2.26. The summed E-state index contributed by atoms with van der Waals surface area (Å²) in [5.74, 6) is 0.0203. The van der Waals surface area contributed by atoms with Gasteiger partial charge >= 0.3 is 0 Å². The average Bonchev–Trinajstić information content (AvgIpc) is 3.22. The van der Waals surface area contributed by atoms with E-state index >= 15 is 0 Å². The maximum absolute atomic E-state index is 14.2. The third kappa shape index (κ3) is 3.69. The summed E-state index contributed by atoms with van der Waals surface area (Å²) < 4.78 is 25.7. The molecule has 0 aliphatic heterocycles. The van der Waals surface area contributed by atoms with E-state index in [2.05, 4.69) is 9.97 Å². The monoisotopic (exact) mass is 423 g/mol. The van der Waals surface area contributed by atoms with Crippen LogP contribution in [0.15, 0.2) is 60.9 Å². The molecule has 0 radical (unpaired) electrons. The maximum Gasteiger partial charge on any atom is 0.264 e. The van der Waals surface area contributed by atoms with Crippen LogP contribution in [0.3, 0.4) is 0 Å². The fourth-order valence-electron chi connectivity index (χ4n) is 3.12. The van der Waals surface area contributed by atoms with Crippen molar-refractivity contribution in [2.45, 2.75) is 6.54 Å². The van der Waals surface area contributed by atoms with Gasteiger partial charge in [0.15, 0.2) is 16.6 Å². The van der Waals surface area contributed by atoms with Crippen LogP contribution in [0.5, 0.6) is 11.5 Å². The van der Waals surface area contributed by atoms with Crippen molar-refractivity contribution in [1.29, 1.82) is 0 Å². The molecule has 0 unspecified atom stereocenters. The second kappa shape index (κ2) is 8.46. The van der Waals surface area contributed by atoms with E-state index in [1.807, 2.05) is 12.1 Å². The molecule has 152 valence electrons. The Balaban J connectivity index is 1.83. The Morgan fingerprint density at radius 2 is 1.83 bits per heavy atom. The molecule has 2 heterocycles. The minimum absolute atomic E-state index is 0.239. The molecular formula is C22H18FN3O3S. The molecule has 0 N–H and O–H groups in total. The van der Waals surface area contributed by atoms with Crippen LogP contribution in [0.1, 0.15) is 15.9 Å². The number of carbonyl (C=O) groups excluding carboxylic acids is 1. The maximum atomic E-state index is 14.2. The van der Waals surface area contributed by atoms with Crippen molar-refractivity contribution in [3.05, 3.63) is 77.9 Å². The molecule has 0 atom stereocenters. The van der Waals surface area contributed by atoms with Crippen molar-refractivity contribution in [1.82, 2.24) is 9.97 Å². The third-order valence-electron chi connectivity index (χ3n) is 4.56. The summed E-state index contributed by atoms with van der Waals surface area (Å²) in [7, 11) is 2.99. The number of aromatic nitrogens is 2. The standard InChI is InChI=1S/C22H18FN3O3S/c1-28-17-7-3-5-15(20(17)29-2)21(27)26(13-14-9-11-24-12-10-14)22-25-19-16(23)6-4-8-18(19)30-22/h3-12H,13H2,1-2H3. The largest absolute Gasteiger partial charge is 0.493 e. The summed E-state index contributed by atoms with van der Waals surface area (Å²) in [6.45, 7) is 0.239. The van der Waals surface area contributed by atoms with E-state index in [0.29, 0.717) is 26.9 Å². The van der Waals surface area contributed by atoms with Crippen LogP contribution < -0.4 is 14.4 Å². The molecule has 0 aliphatic carbocycles. The van der Waals surface area contributed by atoms with Gasteiger partial charge in [-0.1, -0.05) is 23.5 Å². The lowest BCUT2D eigenvalue weighted by molar-refractivity contribution is 0.0981. The highest BCUT2D eigenvalue weighted by molar-refractivity contribution is 7.22. The second-order valence-corrected chi connectivity index (χ2v) is 7.38. The topological polar surface area (TPSA) is 64.5 Å². The molecule has 0 bridgehead atoms. The minimum Gasteiger partial charge on any atom is -0.493 e. The molecule has 30 heavy (non-hydrogen) atoms. The van der Waals surface area contributed by atoms with E-state index in [1.165, 1.54) is 36.5 Å². The van der Waals surface area contributed by atoms with Crippen LogP contribution >= 0.6 is 11.3 Å². The number of thiazole rings is 1. The number of hydrogen-bond acceptors (Lipinski definition) is 6. The Labute approximate surface area is 176 Å². The first-order valence-corrected chi connectivity index (χ1v) is 9.91. The summed E-state index contributed by atoms with van der Waals surface area (Å²) >= 11 is 1.25. The van der Waals surface area contributed by atoms with E-state index in [4.69, 9.17) is 9.47 Å². The normalized spacial score (nSPS) is 10.8. The predicted octanol–water partition coefficient (Wildman–Crippen LogP) is 4.69. The van der Waals surface area contributed by atoms with Crippen molar-refractivity contribution < 1.29 is 18.7 Å². The molecule has 8 heteroatoms. The SMILES string of the molecule is COc1cccc(C(=O)N(Cc2ccncc2)c2nc3c(F)cccc3s2)c1OC. The van der Waals surface area contributed by atoms with Crippen LogP contribution in [-0.4, -0.2) is 30.1 Å². The zero-order valence-corrected chi connectivity index (χ0v) is 17.1.